The van der Waals surface area contributed by atoms with Crippen molar-refractivity contribution in [3.63, 3.8) is 0 Å². The lowest BCUT2D eigenvalue weighted by atomic mass is 10.2. The molecule has 94 valence electrons. The normalized spacial score (nSPS) is 18.1. The molecule has 0 saturated carbocycles. The van der Waals surface area contributed by atoms with Crippen LogP contribution in [-0.4, -0.2) is 30.1 Å². The highest BCUT2D eigenvalue weighted by Gasteiger charge is 2.17. The van der Waals surface area contributed by atoms with Crippen LogP contribution in [0.3, 0.4) is 0 Å². The molecule has 0 bridgehead atoms. The fraction of sp³-hybridized carbons (Fsp3) is 0.385. The predicted octanol–water partition coefficient (Wildman–Crippen LogP) is 1.56. The summed E-state index contributed by atoms with van der Waals surface area (Å²) in [5, 5.41) is 11.8. The molecule has 1 amide bonds. The summed E-state index contributed by atoms with van der Waals surface area (Å²) in [7, 11) is 0. The van der Waals surface area contributed by atoms with Gasteiger partial charge in [0.05, 0.1) is 5.56 Å². The number of rotatable bonds is 4. The number of ether oxygens (including phenoxy) is 1. The highest BCUT2D eigenvalue weighted by molar-refractivity contribution is 7.99. The molecule has 5 heteroatoms. The molecule has 1 fully saturated rings. The molecule has 18 heavy (non-hydrogen) atoms. The Morgan fingerprint density at radius 3 is 3.11 bits per heavy atom. The van der Waals surface area contributed by atoms with Gasteiger partial charge in [-0.25, -0.2) is 0 Å². The van der Waals surface area contributed by atoms with E-state index in [0.29, 0.717) is 11.3 Å². The van der Waals surface area contributed by atoms with Gasteiger partial charge in [0.15, 0.2) is 6.61 Å². The fourth-order valence-electron chi connectivity index (χ4n) is 1.75. The number of hydrogen-bond acceptors (Lipinski definition) is 4. The van der Waals surface area contributed by atoms with Crippen molar-refractivity contribution >= 4 is 17.7 Å². The van der Waals surface area contributed by atoms with Gasteiger partial charge in [0.1, 0.15) is 11.8 Å². The summed E-state index contributed by atoms with van der Waals surface area (Å²) >= 11 is 1.85. The van der Waals surface area contributed by atoms with Crippen molar-refractivity contribution in [3.05, 3.63) is 29.8 Å². The lowest BCUT2D eigenvalue weighted by molar-refractivity contribution is -0.123. The Kier molecular flexibility index (Phi) is 4.48. The van der Waals surface area contributed by atoms with Crippen molar-refractivity contribution in [3.8, 4) is 11.8 Å². The number of para-hydroxylation sites is 1. The molecule has 0 aromatic heterocycles. The maximum atomic E-state index is 11.6. The number of amides is 1. The Morgan fingerprint density at radius 2 is 2.39 bits per heavy atom. The van der Waals surface area contributed by atoms with Crippen molar-refractivity contribution in [1.82, 2.24) is 5.32 Å². The molecule has 1 aliphatic rings. The molecule has 0 aliphatic carbocycles. The van der Waals surface area contributed by atoms with Gasteiger partial charge in [0, 0.05) is 11.8 Å². The molecule has 1 aromatic carbocycles. The molecule has 1 aliphatic heterocycles. The quantitative estimate of drug-likeness (QED) is 0.894. The Bertz CT molecular complexity index is 464. The molecule has 0 spiro atoms. The Balaban J connectivity index is 1.83. The third-order valence-electron chi connectivity index (χ3n) is 2.66. The molecular weight excluding hydrogens is 248 g/mol. The second-order valence-electron chi connectivity index (χ2n) is 4.02. The first kappa shape index (κ1) is 12.8. The van der Waals surface area contributed by atoms with Crippen LogP contribution in [0.2, 0.25) is 0 Å². The van der Waals surface area contributed by atoms with Gasteiger partial charge in [-0.1, -0.05) is 12.1 Å². The smallest absolute Gasteiger partial charge is 0.258 e. The van der Waals surface area contributed by atoms with Gasteiger partial charge in [-0.05, 0) is 24.3 Å². The van der Waals surface area contributed by atoms with Gasteiger partial charge in [-0.15, -0.1) is 0 Å². The van der Waals surface area contributed by atoms with E-state index in [1.807, 2.05) is 17.8 Å². The molecule has 2 rings (SSSR count). The number of nitrogens with one attached hydrogen (secondary N) is 1. The van der Waals surface area contributed by atoms with E-state index in [-0.39, 0.29) is 18.6 Å². The minimum atomic E-state index is -0.129. The average Bonchev–Trinajstić information content (AvgIpc) is 2.89. The number of nitrogens with zero attached hydrogens (tertiary/aromatic N) is 1. The van der Waals surface area contributed by atoms with E-state index in [1.54, 1.807) is 24.3 Å². The second-order valence-corrected chi connectivity index (χ2v) is 5.17. The third kappa shape index (κ3) is 3.41. The van der Waals surface area contributed by atoms with Crippen LogP contribution in [0.25, 0.3) is 0 Å². The zero-order chi connectivity index (χ0) is 12.8. The van der Waals surface area contributed by atoms with E-state index >= 15 is 0 Å². The molecule has 1 heterocycles. The lowest BCUT2D eigenvalue weighted by Crippen LogP contribution is -2.37. The molecule has 1 atom stereocenters. The summed E-state index contributed by atoms with van der Waals surface area (Å²) in [6.45, 7) is -0.0418. The molecule has 1 aromatic rings. The topological polar surface area (TPSA) is 62.1 Å². The maximum Gasteiger partial charge on any atom is 0.258 e. The SMILES string of the molecule is N#Cc1ccccc1OCC(=O)NC1CCSC1. The minimum absolute atomic E-state index is 0.0418. The second kappa shape index (κ2) is 6.31. The summed E-state index contributed by atoms with van der Waals surface area (Å²) in [6, 6.07) is 9.20. The van der Waals surface area contributed by atoms with Gasteiger partial charge in [-0.2, -0.15) is 17.0 Å². The fourth-order valence-corrected chi connectivity index (χ4v) is 2.90. The van der Waals surface area contributed by atoms with Crippen LogP contribution in [0, 0.1) is 11.3 Å². The molecular formula is C13H14N2O2S. The van der Waals surface area contributed by atoms with Gasteiger partial charge < -0.3 is 10.1 Å². The van der Waals surface area contributed by atoms with Crippen LogP contribution < -0.4 is 10.1 Å². The van der Waals surface area contributed by atoms with Crippen molar-refractivity contribution in [2.45, 2.75) is 12.5 Å². The number of thioether (sulfide) groups is 1. The summed E-state index contributed by atoms with van der Waals surface area (Å²) in [5.41, 5.74) is 0.446. The van der Waals surface area contributed by atoms with E-state index in [1.165, 1.54) is 0 Å². The number of benzene rings is 1. The summed E-state index contributed by atoms with van der Waals surface area (Å²) in [4.78, 5) is 11.6. The van der Waals surface area contributed by atoms with Crippen LogP contribution in [-0.2, 0) is 4.79 Å². The standard InChI is InChI=1S/C13H14N2O2S/c14-7-10-3-1-2-4-12(10)17-8-13(16)15-11-5-6-18-9-11/h1-4,11H,5-6,8-9H2,(H,15,16). The first-order chi connectivity index (χ1) is 8.79. The minimum Gasteiger partial charge on any atom is -0.482 e. The highest BCUT2D eigenvalue weighted by atomic mass is 32.2. The zero-order valence-corrected chi connectivity index (χ0v) is 10.7. The van der Waals surface area contributed by atoms with E-state index in [4.69, 9.17) is 10.00 Å². The van der Waals surface area contributed by atoms with Crippen molar-refractivity contribution in [1.29, 1.82) is 5.26 Å². The van der Waals surface area contributed by atoms with Crippen LogP contribution in [0.4, 0.5) is 0 Å². The zero-order valence-electron chi connectivity index (χ0n) is 9.89. The Hall–Kier alpha value is -1.67. The molecule has 4 nitrogen and oxygen atoms in total. The van der Waals surface area contributed by atoms with E-state index in [0.717, 1.165) is 17.9 Å². The average molecular weight is 262 g/mol. The van der Waals surface area contributed by atoms with Crippen LogP contribution in [0.1, 0.15) is 12.0 Å². The number of hydrogen-bond donors (Lipinski definition) is 1. The van der Waals surface area contributed by atoms with E-state index in [2.05, 4.69) is 5.32 Å². The van der Waals surface area contributed by atoms with Crippen LogP contribution in [0.15, 0.2) is 24.3 Å². The summed E-state index contributed by atoms with van der Waals surface area (Å²) in [5.74, 6) is 2.40. The van der Waals surface area contributed by atoms with Crippen molar-refractivity contribution in [2.75, 3.05) is 18.1 Å². The number of nitriles is 1. The first-order valence-corrected chi connectivity index (χ1v) is 6.94. The summed E-state index contributed by atoms with van der Waals surface area (Å²) < 4.78 is 5.36. The number of carbonyl (C=O) groups excluding carboxylic acids is 1. The van der Waals surface area contributed by atoms with Gasteiger partial charge in [0.2, 0.25) is 0 Å². The third-order valence-corrected chi connectivity index (χ3v) is 3.82. The monoisotopic (exact) mass is 262 g/mol. The van der Waals surface area contributed by atoms with Crippen LogP contribution >= 0.6 is 11.8 Å². The largest absolute Gasteiger partial charge is 0.482 e. The number of carbonyl (C=O) groups is 1. The Morgan fingerprint density at radius 1 is 1.56 bits per heavy atom. The van der Waals surface area contributed by atoms with Gasteiger partial charge >= 0.3 is 0 Å². The highest BCUT2D eigenvalue weighted by Crippen LogP contribution is 2.18. The van der Waals surface area contributed by atoms with Crippen molar-refractivity contribution in [2.24, 2.45) is 0 Å². The molecule has 1 saturated heterocycles. The van der Waals surface area contributed by atoms with E-state index in [9.17, 15) is 4.79 Å². The van der Waals surface area contributed by atoms with Gasteiger partial charge in [0.25, 0.3) is 5.91 Å². The molecule has 1 N–H and O–H groups in total. The maximum absolute atomic E-state index is 11.6. The van der Waals surface area contributed by atoms with Gasteiger partial charge in [-0.3, -0.25) is 4.79 Å². The van der Waals surface area contributed by atoms with E-state index < -0.39 is 0 Å². The lowest BCUT2D eigenvalue weighted by Gasteiger charge is -2.12. The summed E-state index contributed by atoms with van der Waals surface area (Å²) in [6.07, 6.45) is 1.02. The molecule has 0 radical (unpaired) electrons. The predicted molar refractivity (Wildman–Crippen MR) is 70.5 cm³/mol. The van der Waals surface area contributed by atoms with Crippen LogP contribution in [0.5, 0.6) is 5.75 Å². The Labute approximate surface area is 110 Å². The molecule has 1 unspecified atom stereocenters. The van der Waals surface area contributed by atoms with Crippen molar-refractivity contribution < 1.29 is 9.53 Å². The first-order valence-electron chi connectivity index (χ1n) is 5.78.